The van der Waals surface area contributed by atoms with Crippen LogP contribution in [0.2, 0.25) is 0 Å². The monoisotopic (exact) mass is 245 g/mol. The lowest BCUT2D eigenvalue weighted by atomic mass is 10.1. The smallest absolute Gasteiger partial charge is 0.0303 e. The molecule has 0 saturated heterocycles. The summed E-state index contributed by atoms with van der Waals surface area (Å²) in [5.41, 5.74) is 2.47. The normalized spacial score (nSPS) is 11.2. The standard InChI is InChI=1S/C18H15N/c1-2-9-18-13-15(10-11-17(18)8-1)5-3-6-16-7-4-12-19-14-16/h1-5,7-14H,6H2/b5-3+. The van der Waals surface area contributed by atoms with Gasteiger partial charge >= 0.3 is 0 Å². The Morgan fingerprint density at radius 3 is 2.63 bits per heavy atom. The predicted molar refractivity (Wildman–Crippen MR) is 80.9 cm³/mol. The Morgan fingerprint density at radius 1 is 0.895 bits per heavy atom. The third kappa shape index (κ3) is 2.89. The fourth-order valence-corrected chi connectivity index (χ4v) is 2.16. The molecule has 1 nitrogen and oxygen atoms in total. The van der Waals surface area contributed by atoms with Crippen LogP contribution >= 0.6 is 0 Å². The molecule has 2 aromatic carbocycles. The van der Waals surface area contributed by atoms with Gasteiger partial charge in [0.05, 0.1) is 0 Å². The van der Waals surface area contributed by atoms with Gasteiger partial charge in [0.1, 0.15) is 0 Å². The van der Waals surface area contributed by atoms with Crippen LogP contribution in [0.3, 0.4) is 0 Å². The summed E-state index contributed by atoms with van der Waals surface area (Å²) in [6, 6.07) is 19.0. The first-order valence-corrected chi connectivity index (χ1v) is 6.46. The predicted octanol–water partition coefficient (Wildman–Crippen LogP) is 4.49. The van der Waals surface area contributed by atoms with Crippen LogP contribution in [0.1, 0.15) is 11.1 Å². The van der Waals surface area contributed by atoms with E-state index in [9.17, 15) is 0 Å². The minimum atomic E-state index is 0.917. The van der Waals surface area contributed by atoms with Crippen molar-refractivity contribution in [3.05, 3.63) is 84.2 Å². The lowest BCUT2D eigenvalue weighted by Crippen LogP contribution is -1.81. The van der Waals surface area contributed by atoms with Crippen LogP contribution in [0.5, 0.6) is 0 Å². The SMILES string of the molecule is C(=C\c1ccc2ccccc2c1)/Cc1cccnc1. The molecular weight excluding hydrogens is 230 g/mol. The Kier molecular flexibility index (Phi) is 3.37. The average molecular weight is 245 g/mol. The van der Waals surface area contributed by atoms with E-state index in [1.54, 1.807) is 6.20 Å². The van der Waals surface area contributed by atoms with Crippen LogP contribution in [0, 0.1) is 0 Å². The van der Waals surface area contributed by atoms with E-state index in [0.717, 1.165) is 6.42 Å². The molecule has 0 radical (unpaired) electrons. The largest absolute Gasteiger partial charge is 0.264 e. The highest BCUT2D eigenvalue weighted by Gasteiger charge is 1.93. The second-order valence-corrected chi connectivity index (χ2v) is 4.57. The van der Waals surface area contributed by atoms with Crippen LogP contribution in [-0.2, 0) is 6.42 Å². The van der Waals surface area contributed by atoms with Crippen LogP contribution < -0.4 is 0 Å². The van der Waals surface area contributed by atoms with Gasteiger partial charge in [0.25, 0.3) is 0 Å². The van der Waals surface area contributed by atoms with E-state index in [1.165, 1.54) is 21.9 Å². The number of hydrogen-bond donors (Lipinski definition) is 0. The molecule has 0 aliphatic heterocycles. The zero-order valence-corrected chi connectivity index (χ0v) is 10.7. The molecule has 0 bridgehead atoms. The lowest BCUT2D eigenvalue weighted by molar-refractivity contribution is 1.19. The molecule has 92 valence electrons. The van der Waals surface area contributed by atoms with Crippen LogP contribution in [0.15, 0.2) is 73.1 Å². The van der Waals surface area contributed by atoms with Crippen LogP contribution in [-0.4, -0.2) is 4.98 Å². The van der Waals surface area contributed by atoms with Crippen molar-refractivity contribution in [3.63, 3.8) is 0 Å². The van der Waals surface area contributed by atoms with Crippen molar-refractivity contribution in [1.82, 2.24) is 4.98 Å². The lowest BCUT2D eigenvalue weighted by Gasteiger charge is -1.99. The molecule has 0 aliphatic rings. The quantitative estimate of drug-likeness (QED) is 0.662. The summed E-state index contributed by atoms with van der Waals surface area (Å²) in [4.78, 5) is 4.12. The third-order valence-corrected chi connectivity index (χ3v) is 3.16. The number of benzene rings is 2. The molecule has 1 heterocycles. The zero-order valence-electron chi connectivity index (χ0n) is 10.7. The summed E-state index contributed by atoms with van der Waals surface area (Å²) in [6.45, 7) is 0. The molecule has 19 heavy (non-hydrogen) atoms. The second-order valence-electron chi connectivity index (χ2n) is 4.57. The molecular formula is C18H15N. The van der Waals surface area contributed by atoms with Gasteiger partial charge < -0.3 is 0 Å². The number of allylic oxidation sites excluding steroid dienone is 1. The molecule has 0 atom stereocenters. The fourth-order valence-electron chi connectivity index (χ4n) is 2.16. The Labute approximate surface area is 113 Å². The maximum atomic E-state index is 4.12. The number of nitrogens with zero attached hydrogens (tertiary/aromatic N) is 1. The van der Waals surface area contributed by atoms with Gasteiger partial charge in [-0.05, 0) is 40.5 Å². The first kappa shape index (κ1) is 11.7. The summed E-state index contributed by atoms with van der Waals surface area (Å²) in [6.07, 6.45) is 8.97. The van der Waals surface area contributed by atoms with Gasteiger partial charge in [-0.1, -0.05) is 54.6 Å². The number of fused-ring (bicyclic) bond motifs is 1. The molecule has 0 saturated carbocycles. The van der Waals surface area contributed by atoms with Crippen molar-refractivity contribution in [1.29, 1.82) is 0 Å². The summed E-state index contributed by atoms with van der Waals surface area (Å²) in [5.74, 6) is 0. The Morgan fingerprint density at radius 2 is 1.79 bits per heavy atom. The van der Waals surface area contributed by atoms with E-state index in [-0.39, 0.29) is 0 Å². The van der Waals surface area contributed by atoms with Crippen molar-refractivity contribution in [2.24, 2.45) is 0 Å². The van der Waals surface area contributed by atoms with Gasteiger partial charge in [0.15, 0.2) is 0 Å². The molecule has 0 fully saturated rings. The van der Waals surface area contributed by atoms with Gasteiger partial charge in [-0.3, -0.25) is 4.98 Å². The third-order valence-electron chi connectivity index (χ3n) is 3.16. The van der Waals surface area contributed by atoms with Gasteiger partial charge in [0, 0.05) is 12.4 Å². The average Bonchev–Trinajstić information content (AvgIpc) is 2.48. The first-order chi connectivity index (χ1) is 9.42. The van der Waals surface area contributed by atoms with Gasteiger partial charge in [0.2, 0.25) is 0 Å². The van der Waals surface area contributed by atoms with E-state index >= 15 is 0 Å². The van der Waals surface area contributed by atoms with E-state index in [0.29, 0.717) is 0 Å². The van der Waals surface area contributed by atoms with Gasteiger partial charge in [-0.25, -0.2) is 0 Å². The summed E-state index contributed by atoms with van der Waals surface area (Å²) in [5, 5.41) is 2.57. The van der Waals surface area contributed by atoms with E-state index in [4.69, 9.17) is 0 Å². The minimum Gasteiger partial charge on any atom is -0.264 e. The van der Waals surface area contributed by atoms with Crippen molar-refractivity contribution in [2.45, 2.75) is 6.42 Å². The number of rotatable bonds is 3. The molecule has 0 unspecified atom stereocenters. The molecule has 1 heteroatoms. The highest BCUT2D eigenvalue weighted by molar-refractivity contribution is 5.84. The van der Waals surface area contributed by atoms with Gasteiger partial charge in [-0.2, -0.15) is 0 Å². The molecule has 0 N–H and O–H groups in total. The summed E-state index contributed by atoms with van der Waals surface area (Å²) >= 11 is 0. The van der Waals surface area contributed by atoms with E-state index in [2.05, 4.69) is 65.7 Å². The molecule has 0 spiro atoms. The Bertz CT molecular complexity index is 699. The highest BCUT2D eigenvalue weighted by Crippen LogP contribution is 2.16. The molecule has 0 aliphatic carbocycles. The Balaban J connectivity index is 1.78. The first-order valence-electron chi connectivity index (χ1n) is 6.46. The Hall–Kier alpha value is -2.41. The summed E-state index contributed by atoms with van der Waals surface area (Å²) < 4.78 is 0. The van der Waals surface area contributed by atoms with Crippen LogP contribution in [0.25, 0.3) is 16.8 Å². The molecule has 3 aromatic rings. The van der Waals surface area contributed by atoms with Crippen molar-refractivity contribution < 1.29 is 0 Å². The number of pyridine rings is 1. The van der Waals surface area contributed by atoms with Crippen molar-refractivity contribution in [2.75, 3.05) is 0 Å². The molecule has 0 amide bonds. The second kappa shape index (κ2) is 5.49. The van der Waals surface area contributed by atoms with Crippen molar-refractivity contribution in [3.8, 4) is 0 Å². The highest BCUT2D eigenvalue weighted by atomic mass is 14.6. The van der Waals surface area contributed by atoms with Crippen LogP contribution in [0.4, 0.5) is 0 Å². The topological polar surface area (TPSA) is 12.9 Å². The maximum Gasteiger partial charge on any atom is 0.0303 e. The van der Waals surface area contributed by atoms with E-state index < -0.39 is 0 Å². The van der Waals surface area contributed by atoms with E-state index in [1.807, 2.05) is 12.3 Å². The van der Waals surface area contributed by atoms with Crippen molar-refractivity contribution >= 4 is 16.8 Å². The minimum absolute atomic E-state index is 0.917. The fraction of sp³-hybridized carbons (Fsp3) is 0.0556. The number of aromatic nitrogens is 1. The molecule has 3 rings (SSSR count). The number of hydrogen-bond acceptors (Lipinski definition) is 1. The van der Waals surface area contributed by atoms with Gasteiger partial charge in [-0.15, -0.1) is 0 Å². The summed E-state index contributed by atoms with van der Waals surface area (Å²) in [7, 11) is 0. The maximum absolute atomic E-state index is 4.12. The molecule has 1 aromatic heterocycles. The zero-order chi connectivity index (χ0) is 12.9.